The van der Waals surface area contributed by atoms with Crippen LogP contribution in [-0.2, 0) is 13.0 Å². The lowest BCUT2D eigenvalue weighted by Crippen LogP contribution is -2.28. The molecule has 0 fully saturated rings. The van der Waals surface area contributed by atoms with Gasteiger partial charge in [-0.2, -0.15) is 0 Å². The summed E-state index contributed by atoms with van der Waals surface area (Å²) >= 11 is 0. The fraction of sp³-hybridized carbons (Fsp3) is 0.250. The van der Waals surface area contributed by atoms with Crippen molar-refractivity contribution in [3.63, 3.8) is 0 Å². The first-order valence-corrected chi connectivity index (χ1v) is 9.52. The van der Waals surface area contributed by atoms with Crippen molar-refractivity contribution in [1.82, 2.24) is 0 Å². The third-order valence-corrected chi connectivity index (χ3v) is 4.81. The van der Waals surface area contributed by atoms with Gasteiger partial charge >= 0.3 is 0 Å². The lowest BCUT2D eigenvalue weighted by molar-refractivity contribution is 0.142. The quantitative estimate of drug-likeness (QED) is 0.530. The molecule has 3 aromatic carbocycles. The van der Waals surface area contributed by atoms with Crippen molar-refractivity contribution in [2.24, 2.45) is 5.73 Å². The minimum absolute atomic E-state index is 0. The van der Waals surface area contributed by atoms with Crippen LogP contribution in [0.25, 0.3) is 0 Å². The van der Waals surface area contributed by atoms with Crippen LogP contribution in [0.1, 0.15) is 22.7 Å². The zero-order chi connectivity index (χ0) is 20.6. The molecule has 0 aromatic heterocycles. The van der Waals surface area contributed by atoms with Gasteiger partial charge in [0.15, 0.2) is 11.5 Å². The molecule has 0 saturated heterocycles. The van der Waals surface area contributed by atoms with E-state index in [2.05, 4.69) is 0 Å². The van der Waals surface area contributed by atoms with Crippen molar-refractivity contribution in [2.45, 2.75) is 25.2 Å². The van der Waals surface area contributed by atoms with Gasteiger partial charge in [0.05, 0.1) is 26.4 Å². The van der Waals surface area contributed by atoms with Crippen LogP contribution in [0.2, 0.25) is 0 Å². The van der Waals surface area contributed by atoms with Crippen LogP contribution in [0, 0.1) is 0 Å². The van der Waals surface area contributed by atoms with Crippen LogP contribution in [0.4, 0.5) is 0 Å². The van der Waals surface area contributed by atoms with Crippen LogP contribution < -0.4 is 19.9 Å². The fourth-order valence-electron chi connectivity index (χ4n) is 3.19. The Kier molecular flexibility index (Phi) is 8.99. The summed E-state index contributed by atoms with van der Waals surface area (Å²) in [4.78, 5) is 0. The van der Waals surface area contributed by atoms with Gasteiger partial charge in [-0.1, -0.05) is 60.7 Å². The van der Waals surface area contributed by atoms with Crippen LogP contribution in [0.5, 0.6) is 17.2 Å². The van der Waals surface area contributed by atoms with Gasteiger partial charge in [-0.15, -0.1) is 12.4 Å². The monoisotopic (exact) mass is 429 g/mol. The van der Waals surface area contributed by atoms with Gasteiger partial charge in [-0.3, -0.25) is 0 Å². The summed E-state index contributed by atoms with van der Waals surface area (Å²) in [5.41, 5.74) is 9.16. The summed E-state index contributed by atoms with van der Waals surface area (Å²) in [6, 6.07) is 22.5. The molecule has 0 aliphatic rings. The Morgan fingerprint density at radius 3 is 1.90 bits per heavy atom. The average Bonchev–Trinajstić information content (AvgIpc) is 2.77. The summed E-state index contributed by atoms with van der Waals surface area (Å²) in [7, 11) is 3.14. The van der Waals surface area contributed by atoms with E-state index in [-0.39, 0.29) is 12.4 Å². The van der Waals surface area contributed by atoms with E-state index < -0.39 is 12.1 Å². The number of aliphatic hydroxyl groups excluding tert-OH is 1. The van der Waals surface area contributed by atoms with E-state index >= 15 is 0 Å². The molecule has 2 atom stereocenters. The summed E-state index contributed by atoms with van der Waals surface area (Å²) < 4.78 is 16.9. The largest absolute Gasteiger partial charge is 0.493 e. The number of aliphatic hydroxyl groups is 1. The first kappa shape index (κ1) is 23.5. The number of benzene rings is 3. The number of rotatable bonds is 9. The Hall–Kier alpha value is -2.73. The zero-order valence-electron chi connectivity index (χ0n) is 17.2. The lowest BCUT2D eigenvalue weighted by Gasteiger charge is -2.23. The predicted octanol–water partition coefficient (Wildman–Crippen LogP) is 4.31. The second kappa shape index (κ2) is 11.5. The predicted molar refractivity (Wildman–Crippen MR) is 121 cm³/mol. The smallest absolute Gasteiger partial charge is 0.164 e. The number of ether oxygens (including phenoxy) is 3. The summed E-state index contributed by atoms with van der Waals surface area (Å²) in [6.07, 6.45) is -0.344. The minimum Gasteiger partial charge on any atom is -0.493 e. The molecule has 0 heterocycles. The maximum atomic E-state index is 10.8. The number of hydrogen-bond donors (Lipinski definition) is 2. The first-order chi connectivity index (χ1) is 14.1. The van der Waals surface area contributed by atoms with Crippen molar-refractivity contribution >= 4 is 12.4 Å². The number of nitrogens with two attached hydrogens (primary N) is 1. The molecule has 3 rings (SSSR count). The SMILES string of the molecule is COc1cc(OCc2ccccc2)c([C@@H](N)[C@@H](O)Cc2ccccc2)cc1OC.Cl. The molecule has 6 heteroatoms. The second-order valence-corrected chi connectivity index (χ2v) is 6.80. The van der Waals surface area contributed by atoms with Gasteiger partial charge in [-0.25, -0.2) is 0 Å². The normalized spacial score (nSPS) is 12.4. The molecular formula is C24H28ClNO4. The van der Waals surface area contributed by atoms with Gasteiger partial charge in [0.1, 0.15) is 12.4 Å². The highest BCUT2D eigenvalue weighted by Gasteiger charge is 2.24. The Labute approximate surface area is 183 Å². The molecule has 0 bridgehead atoms. The molecule has 160 valence electrons. The first-order valence-electron chi connectivity index (χ1n) is 9.52. The summed E-state index contributed by atoms with van der Waals surface area (Å²) in [6.45, 7) is 0.380. The highest BCUT2D eigenvalue weighted by molar-refractivity contribution is 5.85. The van der Waals surface area contributed by atoms with E-state index in [1.807, 2.05) is 60.7 Å². The average molecular weight is 430 g/mol. The van der Waals surface area contributed by atoms with Crippen molar-refractivity contribution in [1.29, 1.82) is 0 Å². The highest BCUT2D eigenvalue weighted by Crippen LogP contribution is 2.38. The maximum absolute atomic E-state index is 10.8. The summed E-state index contributed by atoms with van der Waals surface area (Å²) in [5.74, 6) is 1.65. The Morgan fingerprint density at radius 2 is 1.33 bits per heavy atom. The Morgan fingerprint density at radius 1 is 0.800 bits per heavy atom. The number of hydrogen-bond acceptors (Lipinski definition) is 5. The molecule has 30 heavy (non-hydrogen) atoms. The van der Waals surface area contributed by atoms with Crippen LogP contribution in [-0.4, -0.2) is 25.4 Å². The fourth-order valence-corrected chi connectivity index (χ4v) is 3.19. The van der Waals surface area contributed by atoms with E-state index in [0.29, 0.717) is 35.8 Å². The zero-order valence-corrected chi connectivity index (χ0v) is 18.0. The minimum atomic E-state index is -0.783. The van der Waals surface area contributed by atoms with Crippen molar-refractivity contribution in [3.8, 4) is 17.2 Å². The van der Waals surface area contributed by atoms with Crippen molar-refractivity contribution < 1.29 is 19.3 Å². The van der Waals surface area contributed by atoms with Gasteiger partial charge in [-0.05, 0) is 17.2 Å². The third-order valence-electron chi connectivity index (χ3n) is 4.81. The topological polar surface area (TPSA) is 73.9 Å². The van der Waals surface area contributed by atoms with Crippen molar-refractivity contribution in [3.05, 3.63) is 89.5 Å². The number of methoxy groups -OCH3 is 2. The van der Waals surface area contributed by atoms with Gasteiger partial charge in [0.25, 0.3) is 0 Å². The molecule has 5 nitrogen and oxygen atoms in total. The van der Waals surface area contributed by atoms with Gasteiger partial charge < -0.3 is 25.1 Å². The molecule has 0 spiro atoms. The maximum Gasteiger partial charge on any atom is 0.164 e. The van der Waals surface area contributed by atoms with E-state index in [1.165, 1.54) is 0 Å². The third kappa shape index (κ3) is 5.89. The standard InChI is InChI=1S/C24H27NO4.ClH/c1-27-22-14-19(24(25)20(26)13-17-9-5-3-6-10-17)21(15-23(22)28-2)29-16-18-11-7-4-8-12-18;/h3-12,14-15,20,24,26H,13,16,25H2,1-2H3;1H/t20-,24+;/m0./s1. The van der Waals surface area contributed by atoms with E-state index in [0.717, 1.165) is 11.1 Å². The van der Waals surface area contributed by atoms with Gasteiger partial charge in [0, 0.05) is 18.1 Å². The summed E-state index contributed by atoms with van der Waals surface area (Å²) in [5, 5.41) is 10.8. The number of halogens is 1. The van der Waals surface area contributed by atoms with Crippen molar-refractivity contribution in [2.75, 3.05) is 14.2 Å². The Balaban J connectivity index is 0.00000320. The van der Waals surface area contributed by atoms with Gasteiger partial charge in [0.2, 0.25) is 0 Å². The van der Waals surface area contributed by atoms with Crippen LogP contribution >= 0.6 is 12.4 Å². The lowest BCUT2D eigenvalue weighted by atomic mass is 9.95. The molecule has 3 aromatic rings. The molecule has 0 radical (unpaired) electrons. The van der Waals surface area contributed by atoms with E-state index in [4.69, 9.17) is 19.9 Å². The molecule has 3 N–H and O–H groups in total. The molecular weight excluding hydrogens is 402 g/mol. The molecule has 0 unspecified atom stereocenters. The van der Waals surface area contributed by atoms with Crippen LogP contribution in [0.15, 0.2) is 72.8 Å². The molecule has 0 aliphatic carbocycles. The molecule has 0 amide bonds. The van der Waals surface area contributed by atoms with E-state index in [9.17, 15) is 5.11 Å². The van der Waals surface area contributed by atoms with Crippen LogP contribution in [0.3, 0.4) is 0 Å². The highest BCUT2D eigenvalue weighted by atomic mass is 35.5. The second-order valence-electron chi connectivity index (χ2n) is 6.80. The molecule has 0 saturated carbocycles. The molecule has 0 aliphatic heterocycles. The Bertz CT molecular complexity index is 906. The van der Waals surface area contributed by atoms with E-state index in [1.54, 1.807) is 26.4 Å².